The first-order valence-electron chi connectivity index (χ1n) is 7.36. The summed E-state index contributed by atoms with van der Waals surface area (Å²) in [5, 5.41) is 9.75. The second-order valence-electron chi connectivity index (χ2n) is 5.58. The molecule has 1 aromatic heterocycles. The molecule has 0 spiro atoms. The zero-order chi connectivity index (χ0) is 15.3. The van der Waals surface area contributed by atoms with Crippen molar-refractivity contribution in [3.63, 3.8) is 0 Å². The van der Waals surface area contributed by atoms with E-state index in [1.807, 2.05) is 13.8 Å². The third-order valence-corrected chi connectivity index (χ3v) is 4.91. The van der Waals surface area contributed by atoms with Crippen LogP contribution < -0.4 is 10.0 Å². The molecule has 0 aromatic carbocycles. The summed E-state index contributed by atoms with van der Waals surface area (Å²) in [6.07, 6.45) is 4.49. The molecular weight excluding hydrogens is 292 g/mol. The Morgan fingerprint density at radius 3 is 3.00 bits per heavy atom. The van der Waals surface area contributed by atoms with Crippen molar-refractivity contribution in [2.75, 3.05) is 13.2 Å². The van der Waals surface area contributed by atoms with Gasteiger partial charge in [0.15, 0.2) is 5.03 Å². The first-order chi connectivity index (χ1) is 9.99. The maximum absolute atomic E-state index is 12.3. The van der Waals surface area contributed by atoms with Crippen molar-refractivity contribution in [2.24, 2.45) is 0 Å². The highest BCUT2D eigenvalue weighted by Crippen LogP contribution is 2.16. The number of sulfonamides is 1. The SMILES string of the molecule is CC(C)NCc1cn[nH]c1S(=O)(=O)NCCC1CCCO1. The van der Waals surface area contributed by atoms with Crippen LogP contribution >= 0.6 is 0 Å². The minimum Gasteiger partial charge on any atom is -0.378 e. The number of nitrogens with zero attached hydrogens (tertiary/aromatic N) is 1. The summed E-state index contributed by atoms with van der Waals surface area (Å²) >= 11 is 0. The van der Waals surface area contributed by atoms with Crippen LogP contribution in [-0.2, 0) is 21.3 Å². The predicted molar refractivity (Wildman–Crippen MR) is 79.3 cm³/mol. The number of hydrogen-bond donors (Lipinski definition) is 3. The lowest BCUT2D eigenvalue weighted by molar-refractivity contribution is 0.105. The van der Waals surface area contributed by atoms with Crippen LogP contribution in [0.4, 0.5) is 0 Å². The van der Waals surface area contributed by atoms with Gasteiger partial charge < -0.3 is 10.1 Å². The van der Waals surface area contributed by atoms with Gasteiger partial charge in [0, 0.05) is 31.3 Å². The Bertz CT molecular complexity index is 535. The minimum absolute atomic E-state index is 0.142. The van der Waals surface area contributed by atoms with E-state index in [1.54, 1.807) is 6.20 Å². The van der Waals surface area contributed by atoms with Gasteiger partial charge in [0.25, 0.3) is 10.0 Å². The molecule has 1 aromatic rings. The number of H-pyrrole nitrogens is 1. The highest BCUT2D eigenvalue weighted by Gasteiger charge is 2.22. The number of aromatic amines is 1. The van der Waals surface area contributed by atoms with E-state index in [0.717, 1.165) is 19.4 Å². The fraction of sp³-hybridized carbons (Fsp3) is 0.769. The average Bonchev–Trinajstić information content (AvgIpc) is 3.07. The summed E-state index contributed by atoms with van der Waals surface area (Å²) < 4.78 is 32.7. The van der Waals surface area contributed by atoms with E-state index in [-0.39, 0.29) is 17.2 Å². The second kappa shape index (κ2) is 7.35. The molecule has 0 bridgehead atoms. The fourth-order valence-electron chi connectivity index (χ4n) is 2.27. The standard InChI is InChI=1S/C13H24N4O3S/c1-10(2)14-8-11-9-15-17-13(11)21(18,19)16-6-5-12-4-3-7-20-12/h9-10,12,14,16H,3-8H2,1-2H3,(H,15,17). The van der Waals surface area contributed by atoms with Crippen LogP contribution in [0, 0.1) is 0 Å². The quantitative estimate of drug-likeness (QED) is 0.658. The molecule has 0 saturated carbocycles. The van der Waals surface area contributed by atoms with Crippen LogP contribution in [0.15, 0.2) is 11.2 Å². The van der Waals surface area contributed by atoms with Gasteiger partial charge in [-0.1, -0.05) is 13.8 Å². The summed E-state index contributed by atoms with van der Waals surface area (Å²) in [4.78, 5) is 0. The Kier molecular flexibility index (Phi) is 5.74. The Morgan fingerprint density at radius 2 is 2.33 bits per heavy atom. The lowest BCUT2D eigenvalue weighted by atomic mass is 10.2. The fourth-order valence-corrected chi connectivity index (χ4v) is 3.44. The third kappa shape index (κ3) is 4.77. The first-order valence-corrected chi connectivity index (χ1v) is 8.84. The Balaban J connectivity index is 1.90. The highest BCUT2D eigenvalue weighted by molar-refractivity contribution is 7.89. The molecule has 0 aliphatic carbocycles. The van der Waals surface area contributed by atoms with Gasteiger partial charge in [-0.2, -0.15) is 5.10 Å². The molecule has 1 aliphatic rings. The summed E-state index contributed by atoms with van der Waals surface area (Å²) in [6, 6.07) is 0.280. The molecular formula is C13H24N4O3S. The van der Waals surface area contributed by atoms with E-state index < -0.39 is 10.0 Å². The van der Waals surface area contributed by atoms with Crippen molar-refractivity contribution in [1.29, 1.82) is 0 Å². The molecule has 21 heavy (non-hydrogen) atoms. The van der Waals surface area contributed by atoms with Crippen LogP contribution in [0.25, 0.3) is 0 Å². The number of rotatable bonds is 8. The molecule has 1 atom stereocenters. The molecule has 3 N–H and O–H groups in total. The molecule has 1 unspecified atom stereocenters. The maximum atomic E-state index is 12.3. The van der Waals surface area contributed by atoms with Crippen molar-refractivity contribution in [1.82, 2.24) is 20.2 Å². The molecule has 8 heteroatoms. The molecule has 1 fully saturated rings. The molecule has 2 rings (SSSR count). The van der Waals surface area contributed by atoms with Gasteiger partial charge in [-0.3, -0.25) is 5.10 Å². The van der Waals surface area contributed by atoms with Crippen LogP contribution in [-0.4, -0.2) is 43.9 Å². The van der Waals surface area contributed by atoms with E-state index in [0.29, 0.717) is 25.1 Å². The van der Waals surface area contributed by atoms with E-state index >= 15 is 0 Å². The van der Waals surface area contributed by atoms with Crippen LogP contribution in [0.1, 0.15) is 38.7 Å². The highest BCUT2D eigenvalue weighted by atomic mass is 32.2. The average molecular weight is 316 g/mol. The molecule has 1 aliphatic heterocycles. The normalized spacial score (nSPS) is 19.5. The summed E-state index contributed by atoms with van der Waals surface area (Å²) in [7, 11) is -3.55. The van der Waals surface area contributed by atoms with Crippen LogP contribution in [0.3, 0.4) is 0 Å². The zero-order valence-corrected chi connectivity index (χ0v) is 13.4. The second-order valence-corrected chi connectivity index (χ2v) is 7.29. The molecule has 1 saturated heterocycles. The van der Waals surface area contributed by atoms with Gasteiger partial charge in [-0.15, -0.1) is 0 Å². The summed E-state index contributed by atoms with van der Waals surface area (Å²) in [6.45, 7) is 5.64. The Hall–Kier alpha value is -0.960. The van der Waals surface area contributed by atoms with E-state index in [2.05, 4.69) is 20.2 Å². The largest absolute Gasteiger partial charge is 0.378 e. The minimum atomic E-state index is -3.55. The molecule has 2 heterocycles. The van der Waals surface area contributed by atoms with Crippen molar-refractivity contribution < 1.29 is 13.2 Å². The lowest BCUT2D eigenvalue weighted by Crippen LogP contribution is -2.29. The van der Waals surface area contributed by atoms with E-state index in [4.69, 9.17) is 4.74 Å². The van der Waals surface area contributed by atoms with E-state index in [9.17, 15) is 8.42 Å². The molecule has 0 radical (unpaired) electrons. The van der Waals surface area contributed by atoms with Crippen LogP contribution in [0.2, 0.25) is 0 Å². The van der Waals surface area contributed by atoms with Gasteiger partial charge >= 0.3 is 0 Å². The topological polar surface area (TPSA) is 96.1 Å². The Morgan fingerprint density at radius 1 is 1.52 bits per heavy atom. The van der Waals surface area contributed by atoms with Gasteiger partial charge in [-0.25, -0.2) is 13.1 Å². The van der Waals surface area contributed by atoms with Gasteiger partial charge in [0.2, 0.25) is 0 Å². The lowest BCUT2D eigenvalue weighted by Gasteiger charge is -2.11. The van der Waals surface area contributed by atoms with Crippen molar-refractivity contribution in [3.8, 4) is 0 Å². The Labute approximate surface area is 125 Å². The number of hydrogen-bond acceptors (Lipinski definition) is 5. The molecule has 0 amide bonds. The summed E-state index contributed by atoms with van der Waals surface area (Å²) in [5.41, 5.74) is 0.647. The third-order valence-electron chi connectivity index (χ3n) is 3.43. The van der Waals surface area contributed by atoms with Gasteiger partial charge in [0.05, 0.1) is 12.3 Å². The van der Waals surface area contributed by atoms with Crippen molar-refractivity contribution >= 4 is 10.0 Å². The number of aromatic nitrogens is 2. The van der Waals surface area contributed by atoms with Gasteiger partial charge in [0.1, 0.15) is 0 Å². The van der Waals surface area contributed by atoms with E-state index in [1.165, 1.54) is 0 Å². The smallest absolute Gasteiger partial charge is 0.257 e. The summed E-state index contributed by atoms with van der Waals surface area (Å²) in [5.74, 6) is 0. The van der Waals surface area contributed by atoms with Gasteiger partial charge in [-0.05, 0) is 19.3 Å². The van der Waals surface area contributed by atoms with Crippen molar-refractivity contribution in [2.45, 2.75) is 56.8 Å². The number of nitrogens with one attached hydrogen (secondary N) is 3. The number of ether oxygens (including phenoxy) is 1. The molecule has 7 nitrogen and oxygen atoms in total. The first kappa shape index (κ1) is 16.4. The van der Waals surface area contributed by atoms with Crippen LogP contribution in [0.5, 0.6) is 0 Å². The van der Waals surface area contributed by atoms with Crippen molar-refractivity contribution in [3.05, 3.63) is 11.8 Å². The predicted octanol–water partition coefficient (Wildman–Crippen LogP) is 0.755. The monoisotopic (exact) mass is 316 g/mol. The maximum Gasteiger partial charge on any atom is 0.257 e. The molecule has 120 valence electrons. The zero-order valence-electron chi connectivity index (χ0n) is 12.6.